The van der Waals surface area contributed by atoms with Gasteiger partial charge in [0.1, 0.15) is 5.82 Å². The van der Waals surface area contributed by atoms with E-state index >= 15 is 0 Å². The summed E-state index contributed by atoms with van der Waals surface area (Å²) in [5.41, 5.74) is 5.66. The first-order chi connectivity index (χ1) is 18.0. The summed E-state index contributed by atoms with van der Waals surface area (Å²) >= 11 is 0. The molecule has 7 N–H and O–H groups in total. The first-order valence-corrected chi connectivity index (χ1v) is 12.0. The van der Waals surface area contributed by atoms with Crippen LogP contribution in [0.4, 0.5) is 17.5 Å². The number of nitrogens with one attached hydrogen (secondary N) is 3. The van der Waals surface area contributed by atoms with E-state index in [1.165, 1.54) is 32.1 Å². The highest BCUT2D eigenvalue weighted by Crippen LogP contribution is 2.21. The van der Waals surface area contributed by atoms with Crippen LogP contribution < -0.4 is 16.2 Å². The highest BCUT2D eigenvalue weighted by molar-refractivity contribution is 5.88. The quantitative estimate of drug-likeness (QED) is 0.188. The van der Waals surface area contributed by atoms with Crippen molar-refractivity contribution < 1.29 is 34.8 Å². The van der Waals surface area contributed by atoms with Gasteiger partial charge in [-0.25, -0.2) is 15.2 Å². The molecule has 2 heterocycles. The monoisotopic (exact) mass is 529 g/mol. The van der Waals surface area contributed by atoms with Crippen molar-refractivity contribution in [3.8, 4) is 0 Å². The molecule has 1 saturated carbocycles. The van der Waals surface area contributed by atoms with E-state index in [9.17, 15) is 14.4 Å². The first kappa shape index (κ1) is 28.3. The van der Waals surface area contributed by atoms with Gasteiger partial charge < -0.3 is 25.7 Å². The van der Waals surface area contributed by atoms with Crippen LogP contribution >= 0.6 is 0 Å². The van der Waals surface area contributed by atoms with E-state index in [4.69, 9.17) is 20.4 Å². The lowest BCUT2D eigenvalue weighted by molar-refractivity contribution is -0.170. The van der Waals surface area contributed by atoms with Crippen LogP contribution in [0.1, 0.15) is 44.9 Å². The number of aromatic nitrogens is 4. The standard InChI is InChI=1S/C18H23N7.C6H8O7/c1-25-12-13-7-8-15(11-16(13)24-25)20-17-9-10-19-18(21-17)23-22-14-5-3-2-4-6-14;7-3(8)1-6(13,5(11)12)2-4(9)10/h7-12,14,22H,2-6H2,1H3,(H2,19,20,21,23);13H,1-2H2,(H,7,8)(H,9,10)(H,11,12). The summed E-state index contributed by atoms with van der Waals surface area (Å²) in [5.74, 6) is -3.69. The lowest BCUT2D eigenvalue weighted by Gasteiger charge is -2.23. The Bertz CT molecular complexity index is 1260. The van der Waals surface area contributed by atoms with Gasteiger partial charge in [-0.2, -0.15) is 10.1 Å². The Kier molecular flexibility index (Phi) is 9.51. The van der Waals surface area contributed by atoms with Gasteiger partial charge in [-0.3, -0.25) is 19.7 Å². The molecule has 1 aliphatic rings. The van der Waals surface area contributed by atoms with Gasteiger partial charge in [0.2, 0.25) is 5.95 Å². The van der Waals surface area contributed by atoms with E-state index in [0.717, 1.165) is 22.4 Å². The second kappa shape index (κ2) is 12.8. The Labute approximate surface area is 217 Å². The average molecular weight is 530 g/mol. The topological polar surface area (TPSA) is 212 Å². The maximum Gasteiger partial charge on any atom is 0.336 e. The van der Waals surface area contributed by atoms with Crippen LogP contribution in [0.3, 0.4) is 0 Å². The van der Waals surface area contributed by atoms with E-state index in [2.05, 4.69) is 37.3 Å². The minimum absolute atomic E-state index is 0.500. The van der Waals surface area contributed by atoms with E-state index in [1.54, 1.807) is 6.20 Å². The summed E-state index contributed by atoms with van der Waals surface area (Å²) in [6.45, 7) is 0. The molecule has 0 radical (unpaired) electrons. The Morgan fingerprint density at radius 2 is 1.74 bits per heavy atom. The highest BCUT2D eigenvalue weighted by Gasteiger charge is 2.40. The summed E-state index contributed by atoms with van der Waals surface area (Å²) in [7, 11) is 1.93. The number of benzene rings is 1. The molecule has 1 fully saturated rings. The molecule has 0 unspecified atom stereocenters. The zero-order chi connectivity index (χ0) is 27.7. The summed E-state index contributed by atoms with van der Waals surface area (Å²) in [6.07, 6.45) is 7.79. The Morgan fingerprint density at radius 1 is 1.05 bits per heavy atom. The fourth-order valence-electron chi connectivity index (χ4n) is 3.98. The van der Waals surface area contributed by atoms with Gasteiger partial charge in [0.15, 0.2) is 5.60 Å². The Balaban J connectivity index is 0.000000263. The summed E-state index contributed by atoms with van der Waals surface area (Å²) < 4.78 is 1.82. The van der Waals surface area contributed by atoms with Crippen molar-refractivity contribution >= 4 is 46.3 Å². The van der Waals surface area contributed by atoms with Gasteiger partial charge in [-0.05, 0) is 37.1 Å². The zero-order valence-corrected chi connectivity index (χ0v) is 20.8. The third-order valence-corrected chi connectivity index (χ3v) is 5.83. The van der Waals surface area contributed by atoms with Crippen LogP contribution in [-0.4, -0.2) is 69.7 Å². The normalized spacial score (nSPS) is 13.8. The van der Waals surface area contributed by atoms with Crippen LogP contribution in [0.15, 0.2) is 36.7 Å². The molecular weight excluding hydrogens is 498 g/mol. The van der Waals surface area contributed by atoms with Crippen molar-refractivity contribution in [3.63, 3.8) is 0 Å². The van der Waals surface area contributed by atoms with Crippen molar-refractivity contribution in [2.75, 3.05) is 10.7 Å². The zero-order valence-electron chi connectivity index (χ0n) is 20.8. The lowest BCUT2D eigenvalue weighted by atomic mass is 9.96. The summed E-state index contributed by atoms with van der Waals surface area (Å²) in [5, 5.41) is 42.7. The molecule has 0 aliphatic heterocycles. The molecular formula is C24H31N7O7. The summed E-state index contributed by atoms with van der Waals surface area (Å²) in [6, 6.07) is 8.45. The second-order valence-electron chi connectivity index (χ2n) is 9.05. The van der Waals surface area contributed by atoms with Gasteiger partial charge in [0.25, 0.3) is 0 Å². The molecule has 38 heavy (non-hydrogen) atoms. The molecule has 0 saturated heterocycles. The number of aryl methyl sites for hydroxylation is 1. The van der Waals surface area contributed by atoms with Crippen LogP contribution in [0.2, 0.25) is 0 Å². The number of nitrogens with zero attached hydrogens (tertiary/aromatic N) is 4. The minimum atomic E-state index is -2.74. The van der Waals surface area contributed by atoms with E-state index < -0.39 is 36.4 Å². The number of hydrogen-bond acceptors (Lipinski definition) is 10. The third-order valence-electron chi connectivity index (χ3n) is 5.83. The fraction of sp³-hybridized carbons (Fsp3) is 0.417. The number of anilines is 3. The maximum atomic E-state index is 10.3. The van der Waals surface area contributed by atoms with Crippen molar-refractivity contribution in [1.29, 1.82) is 0 Å². The number of carboxylic acids is 3. The molecule has 204 valence electrons. The number of aliphatic carboxylic acids is 3. The van der Waals surface area contributed by atoms with Gasteiger partial charge in [-0.15, -0.1) is 0 Å². The molecule has 4 rings (SSSR count). The van der Waals surface area contributed by atoms with Crippen LogP contribution in [0, 0.1) is 0 Å². The highest BCUT2D eigenvalue weighted by atomic mass is 16.4. The molecule has 0 amide bonds. The Morgan fingerprint density at radius 3 is 2.37 bits per heavy atom. The first-order valence-electron chi connectivity index (χ1n) is 12.0. The largest absolute Gasteiger partial charge is 0.481 e. The van der Waals surface area contributed by atoms with Gasteiger partial charge in [-0.1, -0.05) is 19.3 Å². The van der Waals surface area contributed by atoms with Gasteiger partial charge in [0.05, 0.1) is 18.4 Å². The smallest absolute Gasteiger partial charge is 0.336 e. The van der Waals surface area contributed by atoms with Crippen molar-refractivity contribution in [1.82, 2.24) is 25.2 Å². The van der Waals surface area contributed by atoms with Crippen LogP contribution in [0.25, 0.3) is 10.9 Å². The van der Waals surface area contributed by atoms with Crippen LogP contribution in [0.5, 0.6) is 0 Å². The van der Waals surface area contributed by atoms with Gasteiger partial charge >= 0.3 is 17.9 Å². The second-order valence-corrected chi connectivity index (χ2v) is 9.05. The number of fused-ring (bicyclic) bond motifs is 1. The molecule has 1 aromatic carbocycles. The number of carboxylic acid groups (broad SMARTS) is 3. The van der Waals surface area contributed by atoms with Gasteiger partial charge in [0, 0.05) is 36.6 Å². The van der Waals surface area contributed by atoms with Crippen molar-refractivity contribution in [2.24, 2.45) is 7.05 Å². The number of carbonyl (C=O) groups is 3. The predicted molar refractivity (Wildman–Crippen MR) is 137 cm³/mol. The molecule has 14 nitrogen and oxygen atoms in total. The fourth-order valence-corrected chi connectivity index (χ4v) is 3.98. The van der Waals surface area contributed by atoms with E-state index in [-0.39, 0.29) is 0 Å². The number of hydrazine groups is 1. The number of hydrogen-bond donors (Lipinski definition) is 7. The third kappa shape index (κ3) is 8.38. The molecule has 0 bridgehead atoms. The van der Waals surface area contributed by atoms with Crippen molar-refractivity contribution in [3.05, 3.63) is 36.7 Å². The molecule has 0 spiro atoms. The minimum Gasteiger partial charge on any atom is -0.481 e. The number of aliphatic hydroxyl groups is 1. The SMILES string of the molecule is Cn1cc2ccc(Nc3ccnc(NNC4CCCCC4)n3)cc2n1.O=C(O)CC(O)(CC(=O)O)C(=O)O. The molecule has 3 aromatic rings. The van der Waals surface area contributed by atoms with Crippen molar-refractivity contribution in [2.45, 2.75) is 56.6 Å². The average Bonchev–Trinajstić information content (AvgIpc) is 3.22. The van der Waals surface area contributed by atoms with E-state index in [1.807, 2.05) is 36.1 Å². The number of rotatable bonds is 10. The molecule has 2 aromatic heterocycles. The van der Waals surface area contributed by atoms with E-state index in [0.29, 0.717) is 12.0 Å². The predicted octanol–water partition coefficient (Wildman–Crippen LogP) is 2.11. The Hall–Kier alpha value is -4.30. The molecule has 14 heteroatoms. The maximum absolute atomic E-state index is 10.3. The lowest BCUT2D eigenvalue weighted by Crippen LogP contribution is -2.42. The molecule has 0 atom stereocenters. The molecule has 1 aliphatic carbocycles. The van der Waals surface area contributed by atoms with Crippen LogP contribution in [-0.2, 0) is 21.4 Å². The summed E-state index contributed by atoms with van der Waals surface area (Å²) in [4.78, 5) is 39.3.